The van der Waals surface area contributed by atoms with E-state index in [0.717, 1.165) is 6.42 Å². The van der Waals surface area contributed by atoms with Crippen LogP contribution in [0.15, 0.2) is 24.3 Å². The van der Waals surface area contributed by atoms with Crippen molar-refractivity contribution in [3.8, 4) is 0 Å². The lowest BCUT2D eigenvalue weighted by Gasteiger charge is -2.33. The topological polar surface area (TPSA) is 46.6 Å². The summed E-state index contributed by atoms with van der Waals surface area (Å²) in [5.41, 5.74) is 0.328. The van der Waals surface area contributed by atoms with Crippen molar-refractivity contribution in [2.24, 2.45) is 0 Å². The zero-order chi connectivity index (χ0) is 14.0. The third-order valence-corrected chi connectivity index (χ3v) is 3.20. The Labute approximate surface area is 113 Å². The molecule has 1 aromatic carbocycles. The van der Waals surface area contributed by atoms with E-state index in [1.807, 2.05) is 20.8 Å². The molecule has 1 aliphatic rings. The van der Waals surface area contributed by atoms with E-state index in [4.69, 9.17) is 4.74 Å². The van der Waals surface area contributed by atoms with E-state index in [9.17, 15) is 9.59 Å². The van der Waals surface area contributed by atoms with Crippen molar-refractivity contribution < 1.29 is 14.3 Å². The molecule has 2 amide bonds. The second-order valence-electron chi connectivity index (χ2n) is 5.36. The molecule has 0 aromatic heterocycles. The van der Waals surface area contributed by atoms with Gasteiger partial charge in [0, 0.05) is 6.61 Å². The second-order valence-corrected chi connectivity index (χ2v) is 5.36. The van der Waals surface area contributed by atoms with Crippen LogP contribution in [0.5, 0.6) is 0 Å². The molecule has 0 saturated carbocycles. The van der Waals surface area contributed by atoms with Crippen molar-refractivity contribution in [3.63, 3.8) is 0 Å². The summed E-state index contributed by atoms with van der Waals surface area (Å²) in [5.74, 6) is -0.462. The molecule has 0 spiro atoms. The SMILES string of the molecule is CCCOCC(C)(C)N1C(=O)c2ccccc2C1=O. The highest BCUT2D eigenvalue weighted by Crippen LogP contribution is 2.29. The van der Waals surface area contributed by atoms with Crippen molar-refractivity contribution >= 4 is 11.8 Å². The molecular formula is C15H19NO3. The highest BCUT2D eigenvalue weighted by atomic mass is 16.5. The number of carbonyl (C=O) groups is 2. The molecule has 102 valence electrons. The molecule has 4 heteroatoms. The number of imide groups is 1. The Hall–Kier alpha value is -1.68. The lowest BCUT2D eigenvalue weighted by molar-refractivity contribution is 0.0164. The third-order valence-electron chi connectivity index (χ3n) is 3.20. The van der Waals surface area contributed by atoms with Crippen LogP contribution in [0.2, 0.25) is 0 Å². The third kappa shape index (κ3) is 2.40. The number of carbonyl (C=O) groups excluding carboxylic acids is 2. The molecule has 1 aromatic rings. The Kier molecular flexibility index (Phi) is 3.71. The summed E-state index contributed by atoms with van der Waals surface area (Å²) in [7, 11) is 0. The van der Waals surface area contributed by atoms with E-state index in [1.54, 1.807) is 24.3 Å². The average molecular weight is 261 g/mol. The Bertz CT molecular complexity index is 473. The molecule has 0 saturated heterocycles. The first-order chi connectivity index (χ1) is 8.99. The molecule has 0 N–H and O–H groups in total. The van der Waals surface area contributed by atoms with Crippen LogP contribution in [0.25, 0.3) is 0 Å². The zero-order valence-corrected chi connectivity index (χ0v) is 11.6. The van der Waals surface area contributed by atoms with Crippen LogP contribution in [-0.2, 0) is 4.74 Å². The highest BCUT2D eigenvalue weighted by Gasteiger charge is 2.43. The van der Waals surface area contributed by atoms with Crippen LogP contribution in [0.4, 0.5) is 0 Å². The van der Waals surface area contributed by atoms with Gasteiger partial charge in [-0.25, -0.2) is 0 Å². The minimum Gasteiger partial charge on any atom is -0.379 e. The summed E-state index contributed by atoms with van der Waals surface area (Å²) in [4.78, 5) is 26.0. The molecule has 1 heterocycles. The van der Waals surface area contributed by atoms with E-state index >= 15 is 0 Å². The average Bonchev–Trinajstić information content (AvgIpc) is 2.63. The summed E-state index contributed by atoms with van der Waals surface area (Å²) >= 11 is 0. The first-order valence-electron chi connectivity index (χ1n) is 6.54. The summed E-state index contributed by atoms with van der Waals surface area (Å²) in [6.45, 7) is 6.71. The summed E-state index contributed by atoms with van der Waals surface area (Å²) in [6.07, 6.45) is 0.915. The van der Waals surface area contributed by atoms with Crippen molar-refractivity contribution in [2.45, 2.75) is 32.7 Å². The molecule has 0 atom stereocenters. The number of hydrogen-bond donors (Lipinski definition) is 0. The Morgan fingerprint density at radius 2 is 1.63 bits per heavy atom. The van der Waals surface area contributed by atoms with Gasteiger partial charge in [-0.05, 0) is 32.4 Å². The number of fused-ring (bicyclic) bond motifs is 1. The normalized spacial score (nSPS) is 15.0. The van der Waals surface area contributed by atoms with Crippen LogP contribution in [0, 0.1) is 0 Å². The Balaban J connectivity index is 2.23. The number of amides is 2. The van der Waals surface area contributed by atoms with Crippen LogP contribution < -0.4 is 0 Å². The zero-order valence-electron chi connectivity index (χ0n) is 11.6. The molecule has 0 bridgehead atoms. The largest absolute Gasteiger partial charge is 0.379 e. The van der Waals surface area contributed by atoms with Gasteiger partial charge in [-0.1, -0.05) is 19.1 Å². The number of ether oxygens (including phenoxy) is 1. The lowest BCUT2D eigenvalue weighted by Crippen LogP contribution is -2.50. The van der Waals surface area contributed by atoms with Gasteiger partial charge in [0.1, 0.15) is 0 Å². The molecule has 0 aliphatic carbocycles. The number of benzene rings is 1. The van der Waals surface area contributed by atoms with Crippen LogP contribution in [0.3, 0.4) is 0 Å². The standard InChI is InChI=1S/C15H19NO3/c1-4-9-19-10-15(2,3)16-13(17)11-7-5-6-8-12(11)14(16)18/h5-8H,4,9-10H2,1-3H3. The first-order valence-corrected chi connectivity index (χ1v) is 6.54. The summed E-state index contributed by atoms with van der Waals surface area (Å²) < 4.78 is 5.51. The Morgan fingerprint density at radius 3 is 2.11 bits per heavy atom. The monoisotopic (exact) mass is 261 g/mol. The maximum absolute atomic E-state index is 12.3. The second kappa shape index (κ2) is 5.13. The van der Waals surface area contributed by atoms with Gasteiger partial charge in [0.05, 0.1) is 23.3 Å². The molecule has 1 aliphatic heterocycles. The van der Waals surface area contributed by atoms with Crippen LogP contribution >= 0.6 is 0 Å². The molecule has 2 rings (SSSR count). The van der Waals surface area contributed by atoms with E-state index < -0.39 is 5.54 Å². The van der Waals surface area contributed by atoms with Gasteiger partial charge in [0.25, 0.3) is 11.8 Å². The molecule has 0 radical (unpaired) electrons. The smallest absolute Gasteiger partial charge is 0.262 e. The maximum Gasteiger partial charge on any atom is 0.262 e. The lowest BCUT2D eigenvalue weighted by atomic mass is 10.0. The van der Waals surface area contributed by atoms with E-state index in [0.29, 0.717) is 24.3 Å². The van der Waals surface area contributed by atoms with Crippen LogP contribution in [-0.4, -0.2) is 35.5 Å². The molecule has 0 unspecified atom stereocenters. The molecular weight excluding hydrogens is 242 g/mol. The van der Waals surface area contributed by atoms with Gasteiger partial charge in [-0.3, -0.25) is 14.5 Å². The molecule has 0 fully saturated rings. The maximum atomic E-state index is 12.3. The Morgan fingerprint density at radius 1 is 1.11 bits per heavy atom. The summed E-state index contributed by atoms with van der Waals surface area (Å²) in [5, 5.41) is 0. The number of rotatable bonds is 5. The van der Waals surface area contributed by atoms with Gasteiger partial charge >= 0.3 is 0 Å². The summed E-state index contributed by atoms with van der Waals surface area (Å²) in [6, 6.07) is 6.93. The van der Waals surface area contributed by atoms with Gasteiger partial charge in [-0.2, -0.15) is 0 Å². The van der Waals surface area contributed by atoms with Gasteiger partial charge in [-0.15, -0.1) is 0 Å². The minimum absolute atomic E-state index is 0.231. The van der Waals surface area contributed by atoms with Gasteiger partial charge in [0.15, 0.2) is 0 Å². The van der Waals surface area contributed by atoms with Crippen molar-refractivity contribution in [1.82, 2.24) is 4.90 Å². The van der Waals surface area contributed by atoms with Gasteiger partial charge in [0.2, 0.25) is 0 Å². The highest BCUT2D eigenvalue weighted by molar-refractivity contribution is 6.21. The van der Waals surface area contributed by atoms with E-state index in [-0.39, 0.29) is 11.8 Å². The van der Waals surface area contributed by atoms with Crippen LogP contribution in [0.1, 0.15) is 47.9 Å². The molecule has 4 nitrogen and oxygen atoms in total. The quantitative estimate of drug-likeness (QED) is 0.604. The fourth-order valence-electron chi connectivity index (χ4n) is 2.27. The fraction of sp³-hybridized carbons (Fsp3) is 0.467. The fourth-order valence-corrected chi connectivity index (χ4v) is 2.27. The molecule has 19 heavy (non-hydrogen) atoms. The number of nitrogens with zero attached hydrogens (tertiary/aromatic N) is 1. The first kappa shape index (κ1) is 13.7. The van der Waals surface area contributed by atoms with E-state index in [2.05, 4.69) is 0 Å². The van der Waals surface area contributed by atoms with Gasteiger partial charge < -0.3 is 4.74 Å². The van der Waals surface area contributed by atoms with Crippen molar-refractivity contribution in [1.29, 1.82) is 0 Å². The van der Waals surface area contributed by atoms with E-state index in [1.165, 1.54) is 4.90 Å². The number of hydrogen-bond acceptors (Lipinski definition) is 3. The van der Waals surface area contributed by atoms with Crippen molar-refractivity contribution in [3.05, 3.63) is 35.4 Å². The predicted octanol–water partition coefficient (Wildman–Crippen LogP) is 2.49. The van der Waals surface area contributed by atoms with Crippen molar-refractivity contribution in [2.75, 3.05) is 13.2 Å². The predicted molar refractivity (Wildman–Crippen MR) is 72.1 cm³/mol. The minimum atomic E-state index is -0.637.